The first kappa shape index (κ1) is 12.2. The molecule has 1 aromatic heterocycles. The Morgan fingerprint density at radius 1 is 1.40 bits per heavy atom. The average molecular weight is 232 g/mol. The Balaban J connectivity index is 2.40. The number of nitrogens with zero attached hydrogens (tertiary/aromatic N) is 4. The van der Waals surface area contributed by atoms with Gasteiger partial charge in [-0.1, -0.05) is 31.8 Å². The van der Waals surface area contributed by atoms with E-state index in [0.717, 1.165) is 12.8 Å². The van der Waals surface area contributed by atoms with Crippen molar-refractivity contribution >= 4 is 17.5 Å². The smallest absolute Gasteiger partial charge is 0.242 e. The lowest BCUT2D eigenvalue weighted by atomic mass is 9.99. The predicted octanol–water partition coefficient (Wildman–Crippen LogP) is 1.67. The number of tetrazole rings is 1. The summed E-state index contributed by atoms with van der Waals surface area (Å²) in [6, 6.07) is 0. The van der Waals surface area contributed by atoms with Crippen LogP contribution in [0.5, 0.6) is 0 Å². The highest BCUT2D eigenvalue weighted by molar-refractivity contribution is 6.21. The molecule has 0 saturated carbocycles. The van der Waals surface area contributed by atoms with E-state index in [1.807, 2.05) is 0 Å². The van der Waals surface area contributed by atoms with Crippen LogP contribution in [0.2, 0.25) is 0 Å². The normalized spacial score (nSPS) is 13.1. The predicted molar refractivity (Wildman–Crippen MR) is 61.0 cm³/mol. The van der Waals surface area contributed by atoms with Crippen LogP contribution in [0, 0.1) is 5.92 Å². The van der Waals surface area contributed by atoms with E-state index in [-0.39, 0.29) is 5.38 Å². The molecule has 0 aliphatic heterocycles. The molecule has 1 atom stereocenters. The molecule has 15 heavy (non-hydrogen) atoms. The quantitative estimate of drug-likeness (QED) is 0.757. The molecule has 5 nitrogen and oxygen atoms in total. The first-order valence-electron chi connectivity index (χ1n) is 5.29. The molecule has 1 unspecified atom stereocenters. The summed E-state index contributed by atoms with van der Waals surface area (Å²) in [5.74, 6) is 1.20. The van der Waals surface area contributed by atoms with Gasteiger partial charge in [0.05, 0.1) is 5.38 Å². The molecule has 86 valence electrons. The van der Waals surface area contributed by atoms with E-state index < -0.39 is 0 Å². The van der Waals surface area contributed by atoms with E-state index >= 15 is 0 Å². The van der Waals surface area contributed by atoms with Gasteiger partial charge in [0, 0.05) is 13.6 Å². The lowest BCUT2D eigenvalue weighted by molar-refractivity contribution is 0.474. The molecule has 0 aliphatic carbocycles. The fraction of sp³-hybridized carbons (Fsp3) is 0.889. The van der Waals surface area contributed by atoms with Gasteiger partial charge in [0.1, 0.15) is 0 Å². The monoisotopic (exact) mass is 231 g/mol. The van der Waals surface area contributed by atoms with Crippen molar-refractivity contribution in [1.29, 1.82) is 0 Å². The largest absolute Gasteiger partial charge is 0.352 e. The van der Waals surface area contributed by atoms with Crippen LogP contribution in [-0.4, -0.2) is 32.1 Å². The number of alkyl halides is 1. The van der Waals surface area contributed by atoms with Crippen LogP contribution in [0.25, 0.3) is 0 Å². The maximum atomic E-state index is 6.28. The van der Waals surface area contributed by atoms with Crippen molar-refractivity contribution in [3.8, 4) is 0 Å². The molecule has 6 heteroatoms. The number of aryl methyl sites for hydroxylation is 1. The molecular formula is C9H18ClN5. The second-order valence-corrected chi connectivity index (χ2v) is 4.16. The molecule has 0 saturated heterocycles. The summed E-state index contributed by atoms with van der Waals surface area (Å²) in [6.07, 6.45) is 2.20. The van der Waals surface area contributed by atoms with Gasteiger partial charge in [-0.15, -0.1) is 11.6 Å². The van der Waals surface area contributed by atoms with Crippen LogP contribution in [0.4, 0.5) is 5.95 Å². The van der Waals surface area contributed by atoms with Gasteiger partial charge in [-0.05, 0) is 16.3 Å². The molecule has 1 N–H and O–H groups in total. The molecule has 0 amide bonds. The molecule has 0 radical (unpaired) electrons. The van der Waals surface area contributed by atoms with Gasteiger partial charge in [0.25, 0.3) is 0 Å². The molecular weight excluding hydrogens is 214 g/mol. The number of halogens is 1. The summed E-state index contributed by atoms with van der Waals surface area (Å²) in [4.78, 5) is 0. The number of anilines is 1. The summed E-state index contributed by atoms with van der Waals surface area (Å²) in [5.41, 5.74) is 0. The molecule has 1 heterocycles. The zero-order valence-electron chi connectivity index (χ0n) is 9.44. The average Bonchev–Trinajstić information content (AvgIpc) is 2.63. The Morgan fingerprint density at radius 3 is 2.53 bits per heavy atom. The third-order valence-corrected chi connectivity index (χ3v) is 3.15. The fourth-order valence-corrected chi connectivity index (χ4v) is 1.97. The van der Waals surface area contributed by atoms with Gasteiger partial charge in [0.2, 0.25) is 5.95 Å². The molecule has 0 aliphatic rings. The van der Waals surface area contributed by atoms with Gasteiger partial charge in [0.15, 0.2) is 0 Å². The van der Waals surface area contributed by atoms with E-state index in [2.05, 4.69) is 34.7 Å². The zero-order valence-corrected chi connectivity index (χ0v) is 10.2. The number of aromatic nitrogens is 4. The number of rotatable bonds is 6. The fourth-order valence-electron chi connectivity index (χ4n) is 1.53. The standard InChI is InChI=1S/C9H18ClN5/c1-4-7(5-2)8(10)6-11-9-12-13-14-15(9)3/h7-8H,4-6H2,1-3H3,(H,11,12,14). The minimum absolute atomic E-state index is 0.122. The SMILES string of the molecule is CCC(CC)C(Cl)CNc1nnnn1C. The highest BCUT2D eigenvalue weighted by Crippen LogP contribution is 2.18. The first-order valence-corrected chi connectivity index (χ1v) is 5.72. The summed E-state index contributed by atoms with van der Waals surface area (Å²) in [7, 11) is 1.79. The molecule has 1 aromatic rings. The molecule has 0 spiro atoms. The van der Waals surface area contributed by atoms with E-state index in [9.17, 15) is 0 Å². The minimum Gasteiger partial charge on any atom is -0.352 e. The lowest BCUT2D eigenvalue weighted by Gasteiger charge is -2.19. The van der Waals surface area contributed by atoms with Crippen molar-refractivity contribution in [1.82, 2.24) is 20.2 Å². The Hall–Kier alpha value is -0.840. The highest BCUT2D eigenvalue weighted by atomic mass is 35.5. The van der Waals surface area contributed by atoms with Crippen molar-refractivity contribution < 1.29 is 0 Å². The van der Waals surface area contributed by atoms with Gasteiger partial charge in [-0.25, -0.2) is 4.68 Å². The van der Waals surface area contributed by atoms with Gasteiger partial charge >= 0.3 is 0 Å². The number of hydrogen-bond acceptors (Lipinski definition) is 4. The Kier molecular flexibility index (Phi) is 4.81. The van der Waals surface area contributed by atoms with E-state index in [0.29, 0.717) is 18.4 Å². The third-order valence-electron chi connectivity index (χ3n) is 2.64. The van der Waals surface area contributed by atoms with Crippen molar-refractivity contribution in [2.24, 2.45) is 13.0 Å². The second kappa shape index (κ2) is 5.90. The van der Waals surface area contributed by atoms with Crippen LogP contribution < -0.4 is 5.32 Å². The topological polar surface area (TPSA) is 55.6 Å². The van der Waals surface area contributed by atoms with Crippen molar-refractivity contribution in [2.75, 3.05) is 11.9 Å². The minimum atomic E-state index is 0.122. The van der Waals surface area contributed by atoms with E-state index in [4.69, 9.17) is 11.6 Å². The van der Waals surface area contributed by atoms with Crippen molar-refractivity contribution in [2.45, 2.75) is 32.1 Å². The van der Waals surface area contributed by atoms with Crippen LogP contribution in [0.3, 0.4) is 0 Å². The Morgan fingerprint density at radius 2 is 2.07 bits per heavy atom. The zero-order chi connectivity index (χ0) is 11.3. The summed E-state index contributed by atoms with van der Waals surface area (Å²) in [6.45, 7) is 5.02. The maximum absolute atomic E-state index is 6.28. The molecule has 1 rings (SSSR count). The highest BCUT2D eigenvalue weighted by Gasteiger charge is 2.16. The summed E-state index contributed by atoms with van der Waals surface area (Å²) in [5, 5.41) is 14.4. The van der Waals surface area contributed by atoms with Crippen LogP contribution >= 0.6 is 11.6 Å². The Bertz CT molecular complexity index is 284. The number of hydrogen-bond donors (Lipinski definition) is 1. The van der Waals surface area contributed by atoms with E-state index in [1.54, 1.807) is 11.7 Å². The van der Waals surface area contributed by atoms with Crippen LogP contribution in [0.15, 0.2) is 0 Å². The van der Waals surface area contributed by atoms with E-state index in [1.165, 1.54) is 0 Å². The summed E-state index contributed by atoms with van der Waals surface area (Å²) >= 11 is 6.28. The Labute approximate surface area is 95.2 Å². The van der Waals surface area contributed by atoms with Crippen LogP contribution in [0.1, 0.15) is 26.7 Å². The second-order valence-electron chi connectivity index (χ2n) is 3.60. The van der Waals surface area contributed by atoms with Crippen LogP contribution in [-0.2, 0) is 7.05 Å². The molecule has 0 aromatic carbocycles. The molecule has 0 fully saturated rings. The summed E-state index contributed by atoms with van der Waals surface area (Å²) < 4.78 is 1.59. The van der Waals surface area contributed by atoms with Gasteiger partial charge < -0.3 is 5.32 Å². The first-order chi connectivity index (χ1) is 7.19. The van der Waals surface area contributed by atoms with Gasteiger partial charge in [-0.3, -0.25) is 0 Å². The van der Waals surface area contributed by atoms with Crippen molar-refractivity contribution in [3.63, 3.8) is 0 Å². The maximum Gasteiger partial charge on any atom is 0.242 e. The van der Waals surface area contributed by atoms with Gasteiger partial charge in [-0.2, -0.15) is 0 Å². The molecule has 0 bridgehead atoms. The lowest BCUT2D eigenvalue weighted by Crippen LogP contribution is -2.23. The van der Waals surface area contributed by atoms with Crippen molar-refractivity contribution in [3.05, 3.63) is 0 Å². The number of nitrogens with one attached hydrogen (secondary N) is 1. The third kappa shape index (κ3) is 3.34.